The molecule has 0 aliphatic rings. The molecule has 2 aromatic carbocycles. The molecule has 0 aliphatic heterocycles. The van der Waals surface area contributed by atoms with Crippen molar-refractivity contribution in [2.45, 2.75) is 6.61 Å². The van der Waals surface area contributed by atoms with Gasteiger partial charge in [-0.25, -0.2) is 4.39 Å². The topological polar surface area (TPSA) is 29.5 Å². The van der Waals surface area contributed by atoms with Gasteiger partial charge in [-0.2, -0.15) is 0 Å². The number of halogens is 1. The monoisotopic (exact) mass is 218 g/mol. The van der Waals surface area contributed by atoms with Gasteiger partial charge in [0.2, 0.25) is 0 Å². The third kappa shape index (κ3) is 2.73. The fourth-order valence-electron chi connectivity index (χ4n) is 1.34. The summed E-state index contributed by atoms with van der Waals surface area (Å²) in [7, 11) is 0. The van der Waals surface area contributed by atoms with Crippen LogP contribution in [0.2, 0.25) is 0 Å². The van der Waals surface area contributed by atoms with E-state index < -0.39 is 0 Å². The molecule has 0 fully saturated rings. The van der Waals surface area contributed by atoms with E-state index in [0.717, 1.165) is 5.56 Å². The zero-order valence-corrected chi connectivity index (χ0v) is 8.56. The number of aromatic hydroxyl groups is 1. The first kappa shape index (κ1) is 10.5. The van der Waals surface area contributed by atoms with Gasteiger partial charge in [0, 0.05) is 0 Å². The normalized spacial score (nSPS) is 10.1. The molecule has 0 radical (unpaired) electrons. The molecule has 0 amide bonds. The van der Waals surface area contributed by atoms with E-state index in [-0.39, 0.29) is 11.6 Å². The summed E-state index contributed by atoms with van der Waals surface area (Å²) < 4.78 is 18.3. The molecule has 2 rings (SSSR count). The van der Waals surface area contributed by atoms with Crippen molar-refractivity contribution >= 4 is 0 Å². The number of rotatable bonds is 3. The van der Waals surface area contributed by atoms with Crippen LogP contribution in [0.1, 0.15) is 5.56 Å². The smallest absolute Gasteiger partial charge is 0.123 e. The molecule has 1 N–H and O–H groups in total. The summed E-state index contributed by atoms with van der Waals surface area (Å²) in [5, 5.41) is 9.07. The lowest BCUT2D eigenvalue weighted by molar-refractivity contribution is 0.305. The van der Waals surface area contributed by atoms with Crippen LogP contribution in [0.4, 0.5) is 4.39 Å². The maximum atomic E-state index is 12.9. The second-order valence-electron chi connectivity index (χ2n) is 3.41. The van der Waals surface area contributed by atoms with Crippen LogP contribution in [0.3, 0.4) is 0 Å². The Balaban J connectivity index is 1.99. The van der Waals surface area contributed by atoms with Gasteiger partial charge in [0.15, 0.2) is 0 Å². The zero-order valence-electron chi connectivity index (χ0n) is 8.56. The van der Waals surface area contributed by atoms with Crippen molar-refractivity contribution in [3.8, 4) is 11.5 Å². The number of phenols is 1. The molecule has 0 aliphatic carbocycles. The fraction of sp³-hybridized carbons (Fsp3) is 0.0769. The minimum absolute atomic E-state index is 0.193. The van der Waals surface area contributed by atoms with Gasteiger partial charge in [0.1, 0.15) is 23.9 Å². The van der Waals surface area contributed by atoms with Crippen molar-refractivity contribution in [1.82, 2.24) is 0 Å². The van der Waals surface area contributed by atoms with Gasteiger partial charge in [-0.1, -0.05) is 12.1 Å². The Bertz CT molecular complexity index is 466. The summed E-state index contributed by atoms with van der Waals surface area (Å²) in [5.74, 6) is 0.562. The van der Waals surface area contributed by atoms with Crippen LogP contribution in [0.25, 0.3) is 0 Å². The van der Waals surface area contributed by atoms with Gasteiger partial charge in [-0.05, 0) is 42.0 Å². The minimum atomic E-state index is -0.271. The van der Waals surface area contributed by atoms with E-state index in [1.165, 1.54) is 12.1 Å². The molecular weight excluding hydrogens is 207 g/mol. The van der Waals surface area contributed by atoms with E-state index in [4.69, 9.17) is 9.84 Å². The van der Waals surface area contributed by atoms with E-state index in [0.29, 0.717) is 12.4 Å². The van der Waals surface area contributed by atoms with E-state index in [1.807, 2.05) is 0 Å². The molecule has 2 aromatic rings. The standard InChI is InChI=1S/C13H11FO2/c14-11-3-1-2-10(8-11)9-16-13-6-4-12(15)5-7-13/h1-8,15H,9H2. The van der Waals surface area contributed by atoms with Gasteiger partial charge in [-0.15, -0.1) is 0 Å². The highest BCUT2D eigenvalue weighted by Crippen LogP contribution is 2.17. The van der Waals surface area contributed by atoms with Crippen LogP contribution < -0.4 is 4.74 Å². The van der Waals surface area contributed by atoms with E-state index in [1.54, 1.807) is 36.4 Å². The molecule has 82 valence electrons. The average molecular weight is 218 g/mol. The zero-order chi connectivity index (χ0) is 11.4. The Hall–Kier alpha value is -2.03. The SMILES string of the molecule is Oc1ccc(OCc2cccc(F)c2)cc1. The third-order valence-electron chi connectivity index (χ3n) is 2.13. The Labute approximate surface area is 92.9 Å². The van der Waals surface area contributed by atoms with Crippen molar-refractivity contribution in [1.29, 1.82) is 0 Å². The molecule has 0 saturated carbocycles. The number of ether oxygens (including phenoxy) is 1. The first-order chi connectivity index (χ1) is 7.74. The van der Waals surface area contributed by atoms with Crippen LogP contribution in [0.5, 0.6) is 11.5 Å². The van der Waals surface area contributed by atoms with E-state index in [9.17, 15) is 4.39 Å². The quantitative estimate of drug-likeness (QED) is 0.857. The molecular formula is C13H11FO2. The van der Waals surface area contributed by atoms with Crippen molar-refractivity contribution in [2.24, 2.45) is 0 Å². The average Bonchev–Trinajstić information content (AvgIpc) is 2.28. The molecule has 3 heteroatoms. The van der Waals surface area contributed by atoms with Gasteiger partial charge in [-0.3, -0.25) is 0 Å². The highest BCUT2D eigenvalue weighted by Gasteiger charge is 1.97. The van der Waals surface area contributed by atoms with Crippen LogP contribution in [-0.4, -0.2) is 5.11 Å². The lowest BCUT2D eigenvalue weighted by Crippen LogP contribution is -1.95. The third-order valence-corrected chi connectivity index (χ3v) is 2.13. The van der Waals surface area contributed by atoms with Crippen molar-refractivity contribution < 1.29 is 14.2 Å². The summed E-state index contributed by atoms with van der Waals surface area (Å²) >= 11 is 0. The van der Waals surface area contributed by atoms with Crippen molar-refractivity contribution in [3.63, 3.8) is 0 Å². The molecule has 0 unspecified atom stereocenters. The lowest BCUT2D eigenvalue weighted by atomic mass is 10.2. The largest absolute Gasteiger partial charge is 0.508 e. The van der Waals surface area contributed by atoms with Gasteiger partial charge < -0.3 is 9.84 Å². The first-order valence-corrected chi connectivity index (χ1v) is 4.90. The summed E-state index contributed by atoms with van der Waals surface area (Å²) in [5.41, 5.74) is 0.771. The molecule has 0 heterocycles. The molecule has 0 aromatic heterocycles. The maximum absolute atomic E-state index is 12.9. The Morgan fingerprint density at radius 3 is 2.50 bits per heavy atom. The summed E-state index contributed by atoms with van der Waals surface area (Å²) in [6.07, 6.45) is 0. The Morgan fingerprint density at radius 2 is 1.81 bits per heavy atom. The molecule has 0 saturated heterocycles. The number of hydrogen-bond donors (Lipinski definition) is 1. The number of hydrogen-bond acceptors (Lipinski definition) is 2. The second-order valence-corrected chi connectivity index (χ2v) is 3.41. The molecule has 0 spiro atoms. The maximum Gasteiger partial charge on any atom is 0.123 e. The number of phenolic OH excluding ortho intramolecular Hbond substituents is 1. The Morgan fingerprint density at radius 1 is 1.06 bits per heavy atom. The van der Waals surface area contributed by atoms with Crippen LogP contribution >= 0.6 is 0 Å². The highest BCUT2D eigenvalue weighted by molar-refractivity contribution is 5.30. The molecule has 2 nitrogen and oxygen atoms in total. The predicted molar refractivity (Wildman–Crippen MR) is 58.8 cm³/mol. The molecule has 16 heavy (non-hydrogen) atoms. The fourth-order valence-corrected chi connectivity index (χ4v) is 1.34. The van der Waals surface area contributed by atoms with Gasteiger partial charge in [0.05, 0.1) is 0 Å². The minimum Gasteiger partial charge on any atom is -0.508 e. The van der Waals surface area contributed by atoms with Crippen molar-refractivity contribution in [3.05, 3.63) is 59.9 Å². The van der Waals surface area contributed by atoms with Gasteiger partial charge >= 0.3 is 0 Å². The van der Waals surface area contributed by atoms with E-state index >= 15 is 0 Å². The summed E-state index contributed by atoms with van der Waals surface area (Å²) in [4.78, 5) is 0. The second kappa shape index (κ2) is 4.66. The van der Waals surface area contributed by atoms with Crippen LogP contribution in [0.15, 0.2) is 48.5 Å². The van der Waals surface area contributed by atoms with Crippen LogP contribution in [0, 0.1) is 5.82 Å². The lowest BCUT2D eigenvalue weighted by Gasteiger charge is -2.06. The molecule has 0 atom stereocenters. The van der Waals surface area contributed by atoms with Crippen LogP contribution in [-0.2, 0) is 6.61 Å². The summed E-state index contributed by atoms with van der Waals surface area (Å²) in [6.45, 7) is 0.308. The number of benzene rings is 2. The molecule has 0 bridgehead atoms. The predicted octanol–water partition coefficient (Wildman–Crippen LogP) is 3.11. The summed E-state index contributed by atoms with van der Waals surface area (Å²) in [6, 6.07) is 12.7. The van der Waals surface area contributed by atoms with Crippen molar-refractivity contribution in [2.75, 3.05) is 0 Å². The Kier molecular flexibility index (Phi) is 3.05. The first-order valence-electron chi connectivity index (χ1n) is 4.90. The van der Waals surface area contributed by atoms with E-state index in [2.05, 4.69) is 0 Å². The van der Waals surface area contributed by atoms with Gasteiger partial charge in [0.25, 0.3) is 0 Å². The highest BCUT2D eigenvalue weighted by atomic mass is 19.1.